The molecule has 0 bridgehead atoms. The van der Waals surface area contributed by atoms with Gasteiger partial charge in [0, 0.05) is 43.4 Å². The van der Waals surface area contributed by atoms with Gasteiger partial charge < -0.3 is 15.3 Å². The Bertz CT molecular complexity index is 764. The summed E-state index contributed by atoms with van der Waals surface area (Å²) in [4.78, 5) is 26.1. The second-order valence-corrected chi connectivity index (χ2v) is 6.82. The minimum Gasteiger partial charge on any atom is -0.508 e. The van der Waals surface area contributed by atoms with Crippen LogP contribution in [0, 0.1) is 0 Å². The van der Waals surface area contributed by atoms with Gasteiger partial charge in [-0.25, -0.2) is 0 Å². The van der Waals surface area contributed by atoms with E-state index in [4.69, 9.17) is 11.6 Å². The van der Waals surface area contributed by atoms with Crippen molar-refractivity contribution in [2.24, 2.45) is 0 Å². The number of phenols is 1. The van der Waals surface area contributed by atoms with Gasteiger partial charge in [-0.3, -0.25) is 9.59 Å². The number of hydrogen-bond acceptors (Lipinski definition) is 3. The third kappa shape index (κ3) is 4.55. The molecule has 0 aliphatic carbocycles. The molecule has 2 aromatic carbocycles. The van der Waals surface area contributed by atoms with Crippen molar-refractivity contribution in [3.05, 3.63) is 64.7 Å². The van der Waals surface area contributed by atoms with Crippen LogP contribution >= 0.6 is 11.6 Å². The summed E-state index contributed by atoms with van der Waals surface area (Å²) in [5, 5.41) is 13.2. The lowest BCUT2D eigenvalue weighted by Crippen LogP contribution is -2.35. The lowest BCUT2D eigenvalue weighted by atomic mass is 9.88. The summed E-state index contributed by atoms with van der Waals surface area (Å²) < 4.78 is 0. The lowest BCUT2D eigenvalue weighted by Gasteiger charge is -2.24. The summed E-state index contributed by atoms with van der Waals surface area (Å²) in [6, 6.07) is 14.4. The third-order valence-electron chi connectivity index (χ3n) is 4.57. The average molecular weight is 373 g/mol. The number of carbonyl (C=O) groups excluding carboxylic acids is 2. The summed E-state index contributed by atoms with van der Waals surface area (Å²) >= 11 is 6.14. The highest BCUT2D eigenvalue weighted by molar-refractivity contribution is 6.30. The van der Waals surface area contributed by atoms with E-state index in [0.717, 1.165) is 11.1 Å². The largest absolute Gasteiger partial charge is 0.508 e. The van der Waals surface area contributed by atoms with Crippen LogP contribution in [0.15, 0.2) is 48.5 Å². The molecule has 1 heterocycles. The van der Waals surface area contributed by atoms with E-state index >= 15 is 0 Å². The van der Waals surface area contributed by atoms with Gasteiger partial charge in [-0.05, 0) is 35.4 Å². The number of phenolic OH excluding ortho intramolecular Hbond substituents is 1. The molecule has 2 N–H and O–H groups in total. The quantitative estimate of drug-likeness (QED) is 0.867. The molecule has 6 heteroatoms. The first-order chi connectivity index (χ1) is 12.5. The number of aromatic hydroxyl groups is 1. The molecule has 2 aromatic rings. The molecule has 1 fully saturated rings. The second-order valence-electron chi connectivity index (χ2n) is 6.39. The molecule has 1 aliphatic rings. The highest BCUT2D eigenvalue weighted by Crippen LogP contribution is 2.32. The first-order valence-electron chi connectivity index (χ1n) is 8.62. The average Bonchev–Trinajstić information content (AvgIpc) is 2.84. The summed E-state index contributed by atoms with van der Waals surface area (Å²) in [5.74, 6) is -0.110. The Morgan fingerprint density at radius 1 is 1.15 bits per heavy atom. The molecule has 1 aliphatic heterocycles. The van der Waals surface area contributed by atoms with Gasteiger partial charge in [-0.1, -0.05) is 35.9 Å². The van der Waals surface area contributed by atoms with Gasteiger partial charge in [0.15, 0.2) is 0 Å². The van der Waals surface area contributed by atoms with Gasteiger partial charge in [-0.15, -0.1) is 0 Å². The monoisotopic (exact) mass is 372 g/mol. The van der Waals surface area contributed by atoms with E-state index in [2.05, 4.69) is 5.32 Å². The summed E-state index contributed by atoms with van der Waals surface area (Å²) in [6.07, 6.45) is 0.567. The van der Waals surface area contributed by atoms with Gasteiger partial charge in [0.05, 0.1) is 0 Å². The Morgan fingerprint density at radius 3 is 2.62 bits per heavy atom. The van der Waals surface area contributed by atoms with E-state index < -0.39 is 0 Å². The molecule has 1 atom stereocenters. The van der Waals surface area contributed by atoms with Crippen molar-refractivity contribution in [3.8, 4) is 5.75 Å². The first-order valence-corrected chi connectivity index (χ1v) is 8.99. The van der Waals surface area contributed by atoms with Crippen LogP contribution in [-0.2, 0) is 9.59 Å². The normalized spacial score (nSPS) is 15.9. The fourth-order valence-electron chi connectivity index (χ4n) is 3.21. The molecular weight excluding hydrogens is 352 g/mol. The number of hydrogen-bond donors (Lipinski definition) is 2. The van der Waals surface area contributed by atoms with E-state index in [1.54, 1.807) is 29.2 Å². The Kier molecular flexibility index (Phi) is 5.78. The number of rotatable bonds is 4. The van der Waals surface area contributed by atoms with Gasteiger partial charge in [0.2, 0.25) is 11.8 Å². The standard InChI is InChI=1S/C20H21ClN2O3/c21-16-5-1-3-14(11-16)18(15-4-2-6-17(24)12-15)13-20(26)23-9-7-19(25)22-8-10-23/h1-6,11-12,18,24H,7-10,13H2,(H,22,25). The van der Waals surface area contributed by atoms with Crippen molar-refractivity contribution in [3.63, 3.8) is 0 Å². The zero-order valence-corrected chi connectivity index (χ0v) is 15.1. The van der Waals surface area contributed by atoms with Crippen molar-refractivity contribution < 1.29 is 14.7 Å². The highest BCUT2D eigenvalue weighted by atomic mass is 35.5. The van der Waals surface area contributed by atoms with Crippen molar-refractivity contribution >= 4 is 23.4 Å². The van der Waals surface area contributed by atoms with Crippen molar-refractivity contribution in [1.29, 1.82) is 0 Å². The Balaban J connectivity index is 1.86. The van der Waals surface area contributed by atoms with Crippen LogP contribution in [0.1, 0.15) is 29.9 Å². The number of nitrogens with one attached hydrogen (secondary N) is 1. The maximum absolute atomic E-state index is 12.9. The van der Waals surface area contributed by atoms with Crippen LogP contribution < -0.4 is 5.32 Å². The molecule has 5 nitrogen and oxygen atoms in total. The van der Waals surface area contributed by atoms with Crippen molar-refractivity contribution in [2.45, 2.75) is 18.8 Å². The molecule has 0 radical (unpaired) electrons. The Labute approximate surface area is 157 Å². The fraction of sp³-hybridized carbons (Fsp3) is 0.300. The van der Waals surface area contributed by atoms with Crippen molar-refractivity contribution in [2.75, 3.05) is 19.6 Å². The van der Waals surface area contributed by atoms with Crippen molar-refractivity contribution in [1.82, 2.24) is 10.2 Å². The first kappa shape index (κ1) is 18.3. The number of benzene rings is 2. The third-order valence-corrected chi connectivity index (χ3v) is 4.80. The topological polar surface area (TPSA) is 69.6 Å². The number of halogens is 1. The summed E-state index contributed by atoms with van der Waals surface area (Å²) in [5.41, 5.74) is 1.77. The molecule has 0 aromatic heterocycles. The Hall–Kier alpha value is -2.53. The SMILES string of the molecule is O=C1CCN(C(=O)CC(c2cccc(O)c2)c2cccc(Cl)c2)CCN1. The van der Waals surface area contributed by atoms with Crippen LogP contribution in [0.5, 0.6) is 5.75 Å². The van der Waals surface area contributed by atoms with Crippen LogP contribution in [0.2, 0.25) is 5.02 Å². The lowest BCUT2D eigenvalue weighted by molar-refractivity contribution is -0.131. The zero-order valence-electron chi connectivity index (χ0n) is 14.3. The van der Waals surface area contributed by atoms with Gasteiger partial charge in [0.25, 0.3) is 0 Å². The summed E-state index contributed by atoms with van der Waals surface area (Å²) in [6.45, 7) is 1.40. The molecule has 26 heavy (non-hydrogen) atoms. The zero-order chi connectivity index (χ0) is 18.5. The van der Waals surface area contributed by atoms with Gasteiger partial charge in [0.1, 0.15) is 5.75 Å². The maximum atomic E-state index is 12.9. The highest BCUT2D eigenvalue weighted by Gasteiger charge is 2.24. The van der Waals surface area contributed by atoms with E-state index in [1.165, 1.54) is 0 Å². The molecule has 2 amide bonds. The number of nitrogens with zero attached hydrogens (tertiary/aromatic N) is 1. The molecule has 3 rings (SSSR count). The molecule has 0 saturated carbocycles. The molecule has 1 saturated heterocycles. The van der Waals surface area contributed by atoms with Gasteiger partial charge in [-0.2, -0.15) is 0 Å². The number of amides is 2. The molecule has 0 spiro atoms. The summed E-state index contributed by atoms with van der Waals surface area (Å²) in [7, 11) is 0. The minimum absolute atomic E-state index is 0.0187. The maximum Gasteiger partial charge on any atom is 0.223 e. The Morgan fingerprint density at radius 2 is 1.88 bits per heavy atom. The second kappa shape index (κ2) is 8.23. The van der Waals surface area contributed by atoms with E-state index in [0.29, 0.717) is 31.1 Å². The van der Waals surface area contributed by atoms with E-state index in [1.807, 2.05) is 24.3 Å². The van der Waals surface area contributed by atoms with Crippen LogP contribution in [0.4, 0.5) is 0 Å². The van der Waals surface area contributed by atoms with Gasteiger partial charge >= 0.3 is 0 Å². The molecular formula is C20H21ClN2O3. The van der Waals surface area contributed by atoms with E-state index in [-0.39, 0.29) is 29.9 Å². The predicted molar refractivity (Wildman–Crippen MR) is 100 cm³/mol. The molecule has 136 valence electrons. The van der Waals surface area contributed by atoms with E-state index in [9.17, 15) is 14.7 Å². The van der Waals surface area contributed by atoms with Crippen LogP contribution in [0.25, 0.3) is 0 Å². The fourth-order valence-corrected chi connectivity index (χ4v) is 3.41. The van der Waals surface area contributed by atoms with Crippen LogP contribution in [0.3, 0.4) is 0 Å². The number of carbonyl (C=O) groups is 2. The molecule has 1 unspecified atom stereocenters. The smallest absolute Gasteiger partial charge is 0.223 e. The minimum atomic E-state index is -0.222. The van der Waals surface area contributed by atoms with Crippen LogP contribution in [-0.4, -0.2) is 41.5 Å². The predicted octanol–water partition coefficient (Wildman–Crippen LogP) is 2.92.